The summed E-state index contributed by atoms with van der Waals surface area (Å²) in [5, 5.41) is 27.9. The van der Waals surface area contributed by atoms with Gasteiger partial charge in [0, 0.05) is 42.9 Å². The van der Waals surface area contributed by atoms with E-state index in [2.05, 4.69) is 20.4 Å². The highest BCUT2D eigenvalue weighted by Gasteiger charge is 2.49. The van der Waals surface area contributed by atoms with Gasteiger partial charge in [-0.2, -0.15) is 22.7 Å². The number of nitrogens with zero attached hydrogens (tertiary/aromatic N) is 8. The number of amides is 2. The lowest BCUT2D eigenvalue weighted by molar-refractivity contribution is -0.137. The van der Waals surface area contributed by atoms with Gasteiger partial charge in [0.05, 0.1) is 27.6 Å². The molecule has 1 aromatic carbocycles. The maximum atomic E-state index is 14.5. The van der Waals surface area contributed by atoms with E-state index in [9.17, 15) is 37.8 Å². The van der Waals surface area contributed by atoms with Crippen molar-refractivity contribution in [2.75, 3.05) is 36.4 Å². The molecule has 276 valence electrons. The van der Waals surface area contributed by atoms with Gasteiger partial charge in [0.15, 0.2) is 11.4 Å². The average molecular weight is 744 g/mol. The minimum atomic E-state index is -4.62. The highest BCUT2D eigenvalue weighted by molar-refractivity contribution is 6.33. The number of hydrogen-bond acceptors (Lipinski definition) is 10. The zero-order valence-electron chi connectivity index (χ0n) is 28.7. The van der Waals surface area contributed by atoms with Gasteiger partial charge in [-0.25, -0.2) is 9.97 Å². The van der Waals surface area contributed by atoms with E-state index in [-0.39, 0.29) is 70.7 Å². The van der Waals surface area contributed by atoms with E-state index in [1.54, 1.807) is 23.3 Å². The Balaban J connectivity index is 1.25. The Hall–Kier alpha value is -4.77. The fourth-order valence-electron chi connectivity index (χ4n) is 7.83. The molecule has 5 heterocycles. The molecule has 2 aliphatic heterocycles. The summed E-state index contributed by atoms with van der Waals surface area (Å²) in [6, 6.07) is 2.65. The molecule has 52 heavy (non-hydrogen) atoms. The molecular formula is C34H37ClF3N9O5. The summed E-state index contributed by atoms with van der Waals surface area (Å²) in [6.45, 7) is 6.36. The van der Waals surface area contributed by atoms with E-state index in [0.29, 0.717) is 56.5 Å². The van der Waals surface area contributed by atoms with E-state index >= 15 is 0 Å². The number of aryl methyl sites for hydroxylation is 1. The van der Waals surface area contributed by atoms with Crippen LogP contribution in [-0.2, 0) is 22.9 Å². The zero-order chi connectivity index (χ0) is 37.3. The van der Waals surface area contributed by atoms with Crippen LogP contribution >= 0.6 is 11.6 Å². The molecule has 3 aromatic heterocycles. The molecule has 1 spiro atoms. The third-order valence-corrected chi connectivity index (χ3v) is 11.0. The van der Waals surface area contributed by atoms with Crippen molar-refractivity contribution >= 4 is 40.8 Å². The van der Waals surface area contributed by atoms with E-state index in [0.717, 1.165) is 18.2 Å². The number of aliphatic hydroxyl groups is 1. The number of aromatic hydroxyl groups is 1. The minimum absolute atomic E-state index is 0.0117. The van der Waals surface area contributed by atoms with Crippen LogP contribution in [0.15, 0.2) is 29.3 Å². The molecule has 2 fully saturated rings. The maximum Gasteiger partial charge on any atom is 0.416 e. The van der Waals surface area contributed by atoms with Crippen LogP contribution < -0.4 is 15.8 Å². The van der Waals surface area contributed by atoms with Gasteiger partial charge in [0.25, 0.3) is 11.5 Å². The molecule has 3 aliphatic rings. The maximum absolute atomic E-state index is 14.5. The Bertz CT molecular complexity index is 2150. The molecule has 0 bridgehead atoms. The summed E-state index contributed by atoms with van der Waals surface area (Å²) in [6.07, 6.45) is -1.10. The summed E-state index contributed by atoms with van der Waals surface area (Å²) in [7, 11) is 0. The standard InChI is InChI=1S/C34H37ClF3N9O5/c1-18-15-33(8-12-44(13-9-33)29(51)25-27(49)19(2)39-17-40-25)24-26(18)46(16-23(48)41-22-5-4-20(14-21(22)35)34(36,37)38)31-42-30(43-47(31)28(24)50)45-10-6-32(3,52)7-11-45/h4-5,14,17-18,49,52H,6-13,15-16H2,1-3H3,(H,41,48). The minimum Gasteiger partial charge on any atom is -0.504 e. The third-order valence-electron chi connectivity index (χ3n) is 10.7. The topological polar surface area (TPSA) is 171 Å². The molecule has 14 nitrogen and oxygen atoms in total. The van der Waals surface area contributed by atoms with Gasteiger partial charge in [0.2, 0.25) is 17.6 Å². The van der Waals surface area contributed by atoms with Gasteiger partial charge in [-0.3, -0.25) is 14.4 Å². The van der Waals surface area contributed by atoms with Crippen LogP contribution in [0.25, 0.3) is 5.78 Å². The van der Waals surface area contributed by atoms with Crippen molar-refractivity contribution in [2.24, 2.45) is 0 Å². The van der Waals surface area contributed by atoms with Crippen LogP contribution in [0.2, 0.25) is 5.02 Å². The Kier molecular flexibility index (Phi) is 8.71. The van der Waals surface area contributed by atoms with Crippen LogP contribution in [0.4, 0.5) is 24.8 Å². The number of alkyl halides is 3. The number of carbonyl (C=O) groups excluding carboxylic acids is 2. The van der Waals surface area contributed by atoms with Crippen molar-refractivity contribution in [3.05, 3.63) is 68.1 Å². The zero-order valence-corrected chi connectivity index (χ0v) is 29.4. The van der Waals surface area contributed by atoms with Crippen molar-refractivity contribution in [3.63, 3.8) is 0 Å². The van der Waals surface area contributed by atoms with Gasteiger partial charge < -0.3 is 29.9 Å². The number of fused-ring (bicyclic) bond motifs is 3. The number of benzene rings is 1. The van der Waals surface area contributed by atoms with Crippen LogP contribution in [0.1, 0.15) is 84.9 Å². The predicted octanol–water partition coefficient (Wildman–Crippen LogP) is 4.04. The Morgan fingerprint density at radius 2 is 1.79 bits per heavy atom. The van der Waals surface area contributed by atoms with Crippen LogP contribution in [0.3, 0.4) is 0 Å². The fourth-order valence-corrected chi connectivity index (χ4v) is 8.06. The van der Waals surface area contributed by atoms with Gasteiger partial charge in [-0.15, -0.1) is 5.10 Å². The molecule has 1 unspecified atom stereocenters. The van der Waals surface area contributed by atoms with Crippen molar-refractivity contribution in [1.29, 1.82) is 0 Å². The average Bonchev–Trinajstić information content (AvgIpc) is 3.65. The number of carbonyl (C=O) groups is 2. The number of aromatic nitrogens is 6. The van der Waals surface area contributed by atoms with Crippen molar-refractivity contribution < 1.29 is 33.0 Å². The smallest absolute Gasteiger partial charge is 0.416 e. The molecule has 18 heteroatoms. The second kappa shape index (κ2) is 12.7. The molecule has 2 saturated heterocycles. The van der Waals surface area contributed by atoms with E-state index < -0.39 is 34.6 Å². The van der Waals surface area contributed by atoms with Crippen molar-refractivity contribution in [2.45, 2.75) is 82.5 Å². The van der Waals surface area contributed by atoms with Crippen LogP contribution in [0, 0.1) is 6.92 Å². The summed E-state index contributed by atoms with van der Waals surface area (Å²) in [5.41, 5.74) is -1.63. The SMILES string of the molecule is Cc1ncnc(C(=O)N2CCC3(CC2)CC(C)c2c3c(=O)n3nc(N4CCC(C)(O)CC4)nc3n2CC(=O)Nc2ccc(C(F)(F)F)cc2Cl)c1O. The first-order valence-corrected chi connectivity index (χ1v) is 17.3. The number of likely N-dealkylation sites (tertiary alicyclic amines) is 1. The summed E-state index contributed by atoms with van der Waals surface area (Å²) >= 11 is 6.15. The lowest BCUT2D eigenvalue weighted by atomic mass is 9.73. The largest absolute Gasteiger partial charge is 0.504 e. The first-order chi connectivity index (χ1) is 24.5. The van der Waals surface area contributed by atoms with E-state index in [4.69, 9.17) is 16.6 Å². The monoisotopic (exact) mass is 743 g/mol. The number of piperidine rings is 2. The number of nitrogens with one attached hydrogen (secondary N) is 1. The molecule has 2 amide bonds. The number of rotatable bonds is 5. The summed E-state index contributed by atoms with van der Waals surface area (Å²) in [4.78, 5) is 57.6. The van der Waals surface area contributed by atoms with Gasteiger partial charge in [0.1, 0.15) is 12.9 Å². The van der Waals surface area contributed by atoms with Gasteiger partial charge in [-0.1, -0.05) is 18.5 Å². The van der Waals surface area contributed by atoms with E-state index in [1.807, 2.05) is 11.8 Å². The molecule has 3 N–H and O–H groups in total. The molecule has 0 saturated carbocycles. The van der Waals surface area contributed by atoms with Crippen LogP contribution in [0.5, 0.6) is 5.75 Å². The Morgan fingerprint density at radius 3 is 2.44 bits per heavy atom. The van der Waals surface area contributed by atoms with Crippen molar-refractivity contribution in [3.8, 4) is 5.75 Å². The van der Waals surface area contributed by atoms with E-state index in [1.165, 1.54) is 10.8 Å². The normalized spacial score (nSPS) is 19.7. The molecule has 1 atom stereocenters. The second-order valence-corrected chi connectivity index (χ2v) is 14.7. The fraction of sp³-hybridized carbons (Fsp3) is 0.500. The van der Waals surface area contributed by atoms with Crippen molar-refractivity contribution in [1.82, 2.24) is 34.0 Å². The molecular weight excluding hydrogens is 707 g/mol. The lowest BCUT2D eigenvalue weighted by Gasteiger charge is -2.39. The van der Waals surface area contributed by atoms with Gasteiger partial charge >= 0.3 is 6.18 Å². The predicted molar refractivity (Wildman–Crippen MR) is 183 cm³/mol. The summed E-state index contributed by atoms with van der Waals surface area (Å²) in [5.74, 6) is -1.18. The highest BCUT2D eigenvalue weighted by Crippen LogP contribution is 2.50. The first-order valence-electron chi connectivity index (χ1n) is 17.0. The molecule has 1 aliphatic carbocycles. The summed E-state index contributed by atoms with van der Waals surface area (Å²) < 4.78 is 42.6. The van der Waals surface area contributed by atoms with Crippen LogP contribution in [-0.4, -0.2) is 87.8 Å². The first kappa shape index (κ1) is 35.6. The third kappa shape index (κ3) is 6.22. The quantitative estimate of drug-likeness (QED) is 0.271. The number of halogens is 4. The number of hydrogen-bond donors (Lipinski definition) is 3. The Labute approximate surface area is 300 Å². The highest BCUT2D eigenvalue weighted by atomic mass is 35.5. The molecule has 0 radical (unpaired) electrons. The number of anilines is 2. The molecule has 7 rings (SSSR count). The van der Waals surface area contributed by atoms with Gasteiger partial charge in [-0.05, 0) is 70.1 Å². The lowest BCUT2D eigenvalue weighted by Crippen LogP contribution is -2.46. The molecule has 4 aromatic rings. The second-order valence-electron chi connectivity index (χ2n) is 14.3. The Morgan fingerprint density at radius 1 is 1.10 bits per heavy atom.